The summed E-state index contributed by atoms with van der Waals surface area (Å²) in [5.74, 6) is -0.760. The van der Waals surface area contributed by atoms with Crippen LogP contribution in [0.25, 0.3) is 0 Å². The SMILES string of the molecule is Cc1csc(C(C)(C)NC(=O)c2cc(C)c(OCC(=O)O)c(C)c2)n1. The van der Waals surface area contributed by atoms with Crippen molar-refractivity contribution in [1.82, 2.24) is 10.3 Å². The molecule has 0 fully saturated rings. The fourth-order valence-electron chi connectivity index (χ4n) is 2.49. The summed E-state index contributed by atoms with van der Waals surface area (Å²) in [6.45, 7) is 8.90. The van der Waals surface area contributed by atoms with Gasteiger partial charge in [-0.3, -0.25) is 4.79 Å². The van der Waals surface area contributed by atoms with Crippen LogP contribution >= 0.6 is 11.3 Å². The summed E-state index contributed by atoms with van der Waals surface area (Å²) in [6.07, 6.45) is 0. The summed E-state index contributed by atoms with van der Waals surface area (Å²) >= 11 is 1.51. The summed E-state index contributed by atoms with van der Waals surface area (Å²) in [5, 5.41) is 14.5. The number of carbonyl (C=O) groups excluding carboxylic acids is 1. The van der Waals surface area contributed by atoms with Crippen molar-refractivity contribution in [1.29, 1.82) is 0 Å². The molecule has 0 radical (unpaired) electrons. The predicted octanol–water partition coefficient (Wildman–Crippen LogP) is 3.20. The second-order valence-corrected chi connectivity index (χ2v) is 7.35. The minimum absolute atomic E-state index is 0.214. The Bertz CT molecular complexity index is 788. The monoisotopic (exact) mass is 362 g/mol. The molecule has 0 bridgehead atoms. The number of aryl methyl sites for hydroxylation is 3. The lowest BCUT2D eigenvalue weighted by Gasteiger charge is -2.24. The van der Waals surface area contributed by atoms with E-state index < -0.39 is 18.1 Å². The molecule has 0 aliphatic rings. The smallest absolute Gasteiger partial charge is 0.341 e. The Morgan fingerprint density at radius 1 is 1.24 bits per heavy atom. The van der Waals surface area contributed by atoms with Crippen LogP contribution in [0.3, 0.4) is 0 Å². The highest BCUT2D eigenvalue weighted by molar-refractivity contribution is 7.09. The van der Waals surface area contributed by atoms with Gasteiger partial charge >= 0.3 is 5.97 Å². The van der Waals surface area contributed by atoms with Gasteiger partial charge < -0.3 is 15.2 Å². The molecule has 0 unspecified atom stereocenters. The van der Waals surface area contributed by atoms with Crippen LogP contribution in [0.2, 0.25) is 0 Å². The van der Waals surface area contributed by atoms with Crippen LogP contribution in [0, 0.1) is 20.8 Å². The van der Waals surface area contributed by atoms with Gasteiger partial charge in [-0.15, -0.1) is 11.3 Å². The maximum absolute atomic E-state index is 12.7. The van der Waals surface area contributed by atoms with Crippen molar-refractivity contribution in [2.75, 3.05) is 6.61 Å². The molecular formula is C18H22N2O4S. The third-order valence-electron chi connectivity index (χ3n) is 3.64. The second-order valence-electron chi connectivity index (χ2n) is 6.49. The molecule has 7 heteroatoms. The number of carbonyl (C=O) groups is 2. The van der Waals surface area contributed by atoms with Gasteiger partial charge in [-0.2, -0.15) is 0 Å². The molecule has 0 atom stereocenters. The number of carboxylic acid groups (broad SMARTS) is 1. The lowest BCUT2D eigenvalue weighted by Crippen LogP contribution is -2.41. The van der Waals surface area contributed by atoms with Crippen LogP contribution in [-0.2, 0) is 10.3 Å². The highest BCUT2D eigenvalue weighted by Gasteiger charge is 2.27. The first-order valence-electron chi connectivity index (χ1n) is 7.81. The first kappa shape index (κ1) is 18.9. The maximum atomic E-state index is 12.7. The standard InChI is InChI=1S/C18H22N2O4S/c1-10-6-13(7-11(2)15(10)24-8-14(21)22)16(23)20-18(4,5)17-19-12(3)9-25-17/h6-7,9H,8H2,1-5H3,(H,20,23)(H,21,22). The van der Waals surface area contributed by atoms with Gasteiger partial charge in [-0.1, -0.05) is 0 Å². The number of thiazole rings is 1. The molecule has 1 amide bonds. The first-order chi connectivity index (χ1) is 11.6. The largest absolute Gasteiger partial charge is 0.481 e. The maximum Gasteiger partial charge on any atom is 0.341 e. The molecule has 2 N–H and O–H groups in total. The molecule has 0 spiro atoms. The van der Waals surface area contributed by atoms with Crippen molar-refractivity contribution >= 4 is 23.2 Å². The lowest BCUT2D eigenvalue weighted by molar-refractivity contribution is -0.139. The third-order valence-corrected chi connectivity index (χ3v) is 4.93. The Morgan fingerprint density at radius 2 is 1.84 bits per heavy atom. The molecule has 0 saturated heterocycles. The molecule has 25 heavy (non-hydrogen) atoms. The number of nitrogens with zero attached hydrogens (tertiary/aromatic N) is 1. The molecule has 2 rings (SSSR count). The van der Waals surface area contributed by atoms with E-state index in [1.807, 2.05) is 26.2 Å². The van der Waals surface area contributed by atoms with Gasteiger partial charge in [0.15, 0.2) is 6.61 Å². The van der Waals surface area contributed by atoms with Crippen molar-refractivity contribution in [3.8, 4) is 5.75 Å². The van der Waals surface area contributed by atoms with Crippen molar-refractivity contribution in [2.24, 2.45) is 0 Å². The summed E-state index contributed by atoms with van der Waals surface area (Å²) < 4.78 is 5.30. The topological polar surface area (TPSA) is 88.5 Å². The fourth-order valence-corrected chi connectivity index (χ4v) is 3.37. The van der Waals surface area contributed by atoms with Crippen molar-refractivity contribution < 1.29 is 19.4 Å². The predicted molar refractivity (Wildman–Crippen MR) is 96.4 cm³/mol. The molecule has 0 saturated carbocycles. The van der Waals surface area contributed by atoms with E-state index >= 15 is 0 Å². The van der Waals surface area contributed by atoms with Gasteiger partial charge in [-0.25, -0.2) is 9.78 Å². The normalized spacial score (nSPS) is 11.2. The molecule has 1 heterocycles. The number of amides is 1. The zero-order valence-corrected chi connectivity index (χ0v) is 15.8. The van der Waals surface area contributed by atoms with Crippen LogP contribution < -0.4 is 10.1 Å². The summed E-state index contributed by atoms with van der Waals surface area (Å²) in [6, 6.07) is 3.39. The minimum Gasteiger partial charge on any atom is -0.481 e. The Morgan fingerprint density at radius 3 is 2.32 bits per heavy atom. The van der Waals surface area contributed by atoms with E-state index in [2.05, 4.69) is 10.3 Å². The molecule has 0 aliphatic heterocycles. The summed E-state index contributed by atoms with van der Waals surface area (Å²) in [5.41, 5.74) is 2.27. The van der Waals surface area contributed by atoms with E-state index in [1.165, 1.54) is 11.3 Å². The molecule has 1 aromatic carbocycles. The summed E-state index contributed by atoms with van der Waals surface area (Å²) in [7, 11) is 0. The van der Waals surface area contributed by atoms with Crippen molar-refractivity contribution in [3.05, 3.63) is 44.9 Å². The number of aliphatic carboxylic acids is 1. The van der Waals surface area contributed by atoms with Crippen LogP contribution in [0.1, 0.15) is 46.0 Å². The lowest BCUT2D eigenvalue weighted by atomic mass is 10.0. The number of hydrogen-bond acceptors (Lipinski definition) is 5. The van der Waals surface area contributed by atoms with Gasteiger partial charge in [0.2, 0.25) is 0 Å². The van der Waals surface area contributed by atoms with Crippen LogP contribution in [-0.4, -0.2) is 28.6 Å². The van der Waals surface area contributed by atoms with Gasteiger partial charge in [0.25, 0.3) is 5.91 Å². The average Bonchev–Trinajstić information content (AvgIpc) is 2.93. The number of benzene rings is 1. The molecule has 2 aromatic rings. The van der Waals surface area contributed by atoms with Crippen molar-refractivity contribution in [3.63, 3.8) is 0 Å². The zero-order valence-electron chi connectivity index (χ0n) is 15.0. The van der Waals surface area contributed by atoms with E-state index in [4.69, 9.17) is 9.84 Å². The van der Waals surface area contributed by atoms with E-state index in [9.17, 15) is 9.59 Å². The van der Waals surface area contributed by atoms with Gasteiger partial charge in [0.1, 0.15) is 10.8 Å². The molecule has 6 nitrogen and oxygen atoms in total. The highest BCUT2D eigenvalue weighted by Crippen LogP contribution is 2.27. The zero-order chi connectivity index (χ0) is 18.8. The third kappa shape index (κ3) is 4.57. The van der Waals surface area contributed by atoms with Gasteiger partial charge in [0.05, 0.1) is 5.54 Å². The van der Waals surface area contributed by atoms with E-state index in [-0.39, 0.29) is 5.91 Å². The Labute approximate surface area is 150 Å². The Hall–Kier alpha value is -2.41. The Balaban J connectivity index is 2.20. The number of aromatic nitrogens is 1. The van der Waals surface area contributed by atoms with Gasteiger partial charge in [0, 0.05) is 16.6 Å². The molecule has 1 aromatic heterocycles. The minimum atomic E-state index is -1.04. The first-order valence-corrected chi connectivity index (χ1v) is 8.69. The van der Waals surface area contributed by atoms with Crippen molar-refractivity contribution in [2.45, 2.75) is 40.2 Å². The number of nitrogens with one attached hydrogen (secondary N) is 1. The number of ether oxygens (including phenoxy) is 1. The average molecular weight is 362 g/mol. The molecule has 0 aliphatic carbocycles. The van der Waals surface area contributed by atoms with E-state index in [0.29, 0.717) is 22.4 Å². The van der Waals surface area contributed by atoms with E-state index in [0.717, 1.165) is 10.7 Å². The van der Waals surface area contributed by atoms with Crippen LogP contribution in [0.4, 0.5) is 0 Å². The van der Waals surface area contributed by atoms with Crippen LogP contribution in [0.5, 0.6) is 5.75 Å². The fraction of sp³-hybridized carbons (Fsp3) is 0.389. The summed E-state index contributed by atoms with van der Waals surface area (Å²) in [4.78, 5) is 27.8. The molecule has 134 valence electrons. The number of carboxylic acids is 1. The van der Waals surface area contributed by atoms with Gasteiger partial charge in [-0.05, 0) is 57.9 Å². The Kier molecular flexibility index (Phi) is 5.47. The molecular weight excluding hydrogens is 340 g/mol. The quantitative estimate of drug-likeness (QED) is 0.824. The van der Waals surface area contributed by atoms with E-state index in [1.54, 1.807) is 26.0 Å². The number of hydrogen-bond donors (Lipinski definition) is 2. The second kappa shape index (κ2) is 7.23. The number of rotatable bonds is 6. The van der Waals surface area contributed by atoms with Crippen LogP contribution in [0.15, 0.2) is 17.5 Å². The highest BCUT2D eigenvalue weighted by atomic mass is 32.1.